The summed E-state index contributed by atoms with van der Waals surface area (Å²) < 4.78 is 1.69. The second-order valence-corrected chi connectivity index (χ2v) is 3.46. The van der Waals surface area contributed by atoms with Gasteiger partial charge in [0, 0.05) is 5.69 Å². The van der Waals surface area contributed by atoms with Gasteiger partial charge in [0.15, 0.2) is 0 Å². The number of carboxylic acids is 1. The van der Waals surface area contributed by atoms with Crippen LogP contribution < -0.4 is 5.73 Å². The van der Waals surface area contributed by atoms with Gasteiger partial charge in [-0.25, -0.2) is 0 Å². The first-order valence-electron chi connectivity index (χ1n) is 5.12. The highest BCUT2D eigenvalue weighted by molar-refractivity contribution is 5.72. The molecule has 0 aromatic carbocycles. The van der Waals surface area contributed by atoms with Crippen molar-refractivity contribution in [2.24, 2.45) is 5.73 Å². The first kappa shape index (κ1) is 11.7. The number of nitrogens with two attached hydrogens (primary N) is 1. The molecule has 0 aliphatic heterocycles. The molecule has 15 heavy (non-hydrogen) atoms. The Hall–Kier alpha value is -1.36. The molecule has 0 bridgehead atoms. The van der Waals surface area contributed by atoms with E-state index < -0.39 is 12.0 Å². The molecule has 1 rings (SSSR count). The maximum Gasteiger partial charge on any atom is 0.322 e. The molecule has 5 heteroatoms. The SMILES string of the molecule is CCc1cc(CC)n(CC(N)C(=O)O)n1. The van der Waals surface area contributed by atoms with Crippen molar-refractivity contribution in [3.05, 3.63) is 17.5 Å². The summed E-state index contributed by atoms with van der Waals surface area (Å²) in [5.41, 5.74) is 7.47. The van der Waals surface area contributed by atoms with E-state index in [-0.39, 0.29) is 6.54 Å². The lowest BCUT2D eigenvalue weighted by molar-refractivity contribution is -0.138. The van der Waals surface area contributed by atoms with Gasteiger partial charge in [0.1, 0.15) is 6.04 Å². The fourth-order valence-corrected chi connectivity index (χ4v) is 1.39. The van der Waals surface area contributed by atoms with E-state index in [1.165, 1.54) is 0 Å². The number of aryl methyl sites for hydroxylation is 2. The normalized spacial score (nSPS) is 12.7. The Morgan fingerprint density at radius 3 is 2.73 bits per heavy atom. The first-order chi connectivity index (χ1) is 7.08. The minimum Gasteiger partial charge on any atom is -0.480 e. The fraction of sp³-hybridized carbons (Fsp3) is 0.600. The van der Waals surface area contributed by atoms with Gasteiger partial charge in [-0.05, 0) is 18.9 Å². The van der Waals surface area contributed by atoms with Crippen LogP contribution in [0.2, 0.25) is 0 Å². The number of rotatable bonds is 5. The Balaban J connectivity index is 2.83. The highest BCUT2D eigenvalue weighted by atomic mass is 16.4. The summed E-state index contributed by atoms with van der Waals surface area (Å²) in [5.74, 6) is -0.995. The zero-order chi connectivity index (χ0) is 11.4. The summed E-state index contributed by atoms with van der Waals surface area (Å²) >= 11 is 0. The molecule has 0 saturated heterocycles. The summed E-state index contributed by atoms with van der Waals surface area (Å²) in [4.78, 5) is 10.6. The van der Waals surface area contributed by atoms with Gasteiger partial charge >= 0.3 is 5.97 Å². The molecule has 1 aromatic rings. The number of aliphatic carboxylic acids is 1. The Morgan fingerprint density at radius 1 is 1.60 bits per heavy atom. The molecular weight excluding hydrogens is 194 g/mol. The van der Waals surface area contributed by atoms with Crippen molar-refractivity contribution in [2.75, 3.05) is 0 Å². The van der Waals surface area contributed by atoms with Crippen LogP contribution in [0.5, 0.6) is 0 Å². The highest BCUT2D eigenvalue weighted by Crippen LogP contribution is 2.06. The van der Waals surface area contributed by atoms with E-state index in [2.05, 4.69) is 5.10 Å². The van der Waals surface area contributed by atoms with E-state index in [1.807, 2.05) is 19.9 Å². The van der Waals surface area contributed by atoms with Crippen LogP contribution in [0.25, 0.3) is 0 Å². The van der Waals surface area contributed by atoms with Gasteiger partial charge in [-0.3, -0.25) is 9.48 Å². The molecule has 0 spiro atoms. The van der Waals surface area contributed by atoms with E-state index in [0.29, 0.717) is 0 Å². The van der Waals surface area contributed by atoms with Gasteiger partial charge in [-0.2, -0.15) is 5.10 Å². The molecule has 0 aliphatic carbocycles. The van der Waals surface area contributed by atoms with Gasteiger partial charge in [0.05, 0.1) is 12.2 Å². The summed E-state index contributed by atoms with van der Waals surface area (Å²) in [7, 11) is 0. The molecule has 0 saturated carbocycles. The second-order valence-electron chi connectivity index (χ2n) is 3.46. The van der Waals surface area contributed by atoms with Crippen LogP contribution in [0.4, 0.5) is 0 Å². The number of hydrogen-bond acceptors (Lipinski definition) is 3. The Labute approximate surface area is 88.9 Å². The molecule has 1 heterocycles. The molecule has 1 aromatic heterocycles. The molecule has 0 fully saturated rings. The Morgan fingerprint density at radius 2 is 2.27 bits per heavy atom. The van der Waals surface area contributed by atoms with Gasteiger partial charge in [-0.15, -0.1) is 0 Å². The molecule has 0 radical (unpaired) electrons. The van der Waals surface area contributed by atoms with Gasteiger partial charge in [-0.1, -0.05) is 13.8 Å². The van der Waals surface area contributed by atoms with Crippen molar-refractivity contribution >= 4 is 5.97 Å². The van der Waals surface area contributed by atoms with E-state index >= 15 is 0 Å². The van der Waals surface area contributed by atoms with Gasteiger partial charge in [0.25, 0.3) is 0 Å². The number of aromatic nitrogens is 2. The molecule has 0 amide bonds. The van der Waals surface area contributed by atoms with Gasteiger partial charge in [0.2, 0.25) is 0 Å². The average Bonchev–Trinajstić information content (AvgIpc) is 2.60. The average molecular weight is 211 g/mol. The predicted octanol–water partition coefficient (Wildman–Crippen LogP) is 0.420. The zero-order valence-corrected chi connectivity index (χ0v) is 9.10. The molecular formula is C10H17N3O2. The zero-order valence-electron chi connectivity index (χ0n) is 9.10. The van der Waals surface area contributed by atoms with E-state index in [0.717, 1.165) is 24.2 Å². The lowest BCUT2D eigenvalue weighted by atomic mass is 10.2. The Bertz CT molecular complexity index is 346. The standard InChI is InChI=1S/C10H17N3O2/c1-3-7-5-8(4-2)13(12-7)6-9(11)10(14)15/h5,9H,3-4,6,11H2,1-2H3,(H,14,15). The summed E-state index contributed by atoms with van der Waals surface area (Å²) in [6.07, 6.45) is 1.68. The van der Waals surface area contributed by atoms with Crippen LogP contribution in [0.15, 0.2) is 6.07 Å². The second kappa shape index (κ2) is 4.93. The summed E-state index contributed by atoms with van der Waals surface area (Å²) in [6.45, 7) is 4.26. The molecule has 3 N–H and O–H groups in total. The number of carbonyl (C=O) groups is 1. The molecule has 84 valence electrons. The topological polar surface area (TPSA) is 81.1 Å². The maximum absolute atomic E-state index is 10.6. The quantitative estimate of drug-likeness (QED) is 0.739. The van der Waals surface area contributed by atoms with Crippen LogP contribution in [0.3, 0.4) is 0 Å². The van der Waals surface area contributed by atoms with E-state index in [1.54, 1.807) is 4.68 Å². The summed E-state index contributed by atoms with van der Waals surface area (Å²) in [5, 5.41) is 13.0. The van der Waals surface area contributed by atoms with Crippen LogP contribution >= 0.6 is 0 Å². The van der Waals surface area contributed by atoms with Crippen molar-refractivity contribution in [2.45, 2.75) is 39.3 Å². The molecule has 1 unspecified atom stereocenters. The van der Waals surface area contributed by atoms with Crippen molar-refractivity contribution in [3.8, 4) is 0 Å². The monoisotopic (exact) mass is 211 g/mol. The number of nitrogens with zero attached hydrogens (tertiary/aromatic N) is 2. The number of hydrogen-bond donors (Lipinski definition) is 2. The summed E-state index contributed by atoms with van der Waals surface area (Å²) in [6, 6.07) is 1.11. The van der Waals surface area contributed by atoms with Crippen LogP contribution in [-0.4, -0.2) is 26.9 Å². The first-order valence-corrected chi connectivity index (χ1v) is 5.12. The highest BCUT2D eigenvalue weighted by Gasteiger charge is 2.14. The largest absolute Gasteiger partial charge is 0.480 e. The molecule has 0 aliphatic rings. The third-order valence-electron chi connectivity index (χ3n) is 2.33. The van der Waals surface area contributed by atoms with Gasteiger partial charge < -0.3 is 10.8 Å². The van der Waals surface area contributed by atoms with Crippen LogP contribution in [0.1, 0.15) is 25.2 Å². The molecule has 1 atom stereocenters. The molecule has 5 nitrogen and oxygen atoms in total. The predicted molar refractivity (Wildman–Crippen MR) is 56.6 cm³/mol. The number of carboxylic acid groups (broad SMARTS) is 1. The maximum atomic E-state index is 10.6. The minimum absolute atomic E-state index is 0.235. The van der Waals surface area contributed by atoms with Crippen molar-refractivity contribution in [3.63, 3.8) is 0 Å². The van der Waals surface area contributed by atoms with E-state index in [4.69, 9.17) is 10.8 Å². The van der Waals surface area contributed by atoms with Crippen LogP contribution in [0, 0.1) is 0 Å². The minimum atomic E-state index is -0.995. The lowest BCUT2D eigenvalue weighted by Gasteiger charge is -2.09. The van der Waals surface area contributed by atoms with Crippen molar-refractivity contribution < 1.29 is 9.90 Å². The smallest absolute Gasteiger partial charge is 0.322 e. The van der Waals surface area contributed by atoms with Crippen molar-refractivity contribution in [1.29, 1.82) is 0 Å². The third-order valence-corrected chi connectivity index (χ3v) is 2.33. The fourth-order valence-electron chi connectivity index (χ4n) is 1.39. The third kappa shape index (κ3) is 2.79. The van der Waals surface area contributed by atoms with Crippen LogP contribution in [-0.2, 0) is 24.2 Å². The van der Waals surface area contributed by atoms with E-state index in [9.17, 15) is 4.79 Å². The van der Waals surface area contributed by atoms with Crippen molar-refractivity contribution in [1.82, 2.24) is 9.78 Å². The lowest BCUT2D eigenvalue weighted by Crippen LogP contribution is -2.35. The Kier molecular flexibility index (Phi) is 3.85.